The van der Waals surface area contributed by atoms with Crippen molar-refractivity contribution in [3.8, 4) is 0 Å². The minimum atomic E-state index is -0.532. The van der Waals surface area contributed by atoms with Crippen molar-refractivity contribution < 1.29 is 13.9 Å². The Hall–Kier alpha value is -2.21. The number of aryl methyl sites for hydroxylation is 1. The molecule has 1 heterocycles. The van der Waals surface area contributed by atoms with Crippen LogP contribution in [-0.2, 0) is 23.0 Å². The smallest absolute Gasteiger partial charge is 0.248 e. The van der Waals surface area contributed by atoms with Crippen LogP contribution in [-0.4, -0.2) is 34.7 Å². The van der Waals surface area contributed by atoms with Crippen molar-refractivity contribution in [1.82, 2.24) is 14.9 Å². The SMILES string of the molecule is C=CCO[C@@H](C)C(=O)NCCc1nc2c(F)cccc2n1C. The number of nitrogens with zero attached hydrogens (tertiary/aromatic N) is 2. The first-order valence-electron chi connectivity index (χ1n) is 7.14. The van der Waals surface area contributed by atoms with E-state index in [2.05, 4.69) is 16.9 Å². The van der Waals surface area contributed by atoms with E-state index in [4.69, 9.17) is 4.74 Å². The summed E-state index contributed by atoms with van der Waals surface area (Å²) in [6, 6.07) is 4.86. The summed E-state index contributed by atoms with van der Waals surface area (Å²) in [5, 5.41) is 2.78. The van der Waals surface area contributed by atoms with Crippen LogP contribution in [0.2, 0.25) is 0 Å². The van der Waals surface area contributed by atoms with Crippen molar-refractivity contribution in [2.24, 2.45) is 7.05 Å². The Morgan fingerprint density at radius 3 is 3.05 bits per heavy atom. The van der Waals surface area contributed by atoms with Gasteiger partial charge in [-0.15, -0.1) is 6.58 Å². The number of hydrogen-bond acceptors (Lipinski definition) is 3. The lowest BCUT2D eigenvalue weighted by Gasteiger charge is -2.12. The number of rotatable bonds is 7. The number of imidazole rings is 1. The number of halogens is 1. The van der Waals surface area contributed by atoms with Crippen molar-refractivity contribution in [2.75, 3.05) is 13.2 Å². The molecular formula is C16H20FN3O2. The van der Waals surface area contributed by atoms with Gasteiger partial charge in [-0.2, -0.15) is 0 Å². The molecule has 6 heteroatoms. The second kappa shape index (κ2) is 7.17. The molecule has 0 aliphatic rings. The van der Waals surface area contributed by atoms with Crippen LogP contribution >= 0.6 is 0 Å². The maximum absolute atomic E-state index is 13.7. The van der Waals surface area contributed by atoms with Crippen molar-refractivity contribution in [1.29, 1.82) is 0 Å². The zero-order valence-electron chi connectivity index (χ0n) is 12.8. The van der Waals surface area contributed by atoms with E-state index >= 15 is 0 Å². The molecule has 0 spiro atoms. The van der Waals surface area contributed by atoms with Gasteiger partial charge in [0, 0.05) is 20.0 Å². The molecule has 0 bridgehead atoms. The van der Waals surface area contributed by atoms with E-state index in [1.54, 1.807) is 19.1 Å². The Morgan fingerprint density at radius 1 is 1.59 bits per heavy atom. The Labute approximate surface area is 128 Å². The normalized spacial score (nSPS) is 12.3. The number of nitrogens with one attached hydrogen (secondary N) is 1. The number of benzene rings is 1. The lowest BCUT2D eigenvalue weighted by atomic mass is 10.3. The van der Waals surface area contributed by atoms with Gasteiger partial charge >= 0.3 is 0 Å². The summed E-state index contributed by atoms with van der Waals surface area (Å²) in [5.41, 5.74) is 1.10. The fourth-order valence-electron chi connectivity index (χ4n) is 2.18. The third-order valence-electron chi connectivity index (χ3n) is 3.44. The quantitative estimate of drug-likeness (QED) is 0.796. The van der Waals surface area contributed by atoms with Crippen molar-refractivity contribution in [3.05, 3.63) is 42.5 Å². The van der Waals surface area contributed by atoms with Crippen LogP contribution in [0.25, 0.3) is 11.0 Å². The highest BCUT2D eigenvalue weighted by Gasteiger charge is 2.14. The van der Waals surface area contributed by atoms with Crippen LogP contribution in [0.15, 0.2) is 30.9 Å². The van der Waals surface area contributed by atoms with Crippen molar-refractivity contribution in [3.63, 3.8) is 0 Å². The maximum atomic E-state index is 13.7. The summed E-state index contributed by atoms with van der Waals surface area (Å²) in [6.07, 6.45) is 1.58. The van der Waals surface area contributed by atoms with Gasteiger partial charge in [-0.25, -0.2) is 9.37 Å². The third-order valence-corrected chi connectivity index (χ3v) is 3.44. The van der Waals surface area contributed by atoms with Crippen LogP contribution in [0.1, 0.15) is 12.7 Å². The van der Waals surface area contributed by atoms with Crippen molar-refractivity contribution >= 4 is 16.9 Å². The zero-order chi connectivity index (χ0) is 16.1. The van der Waals surface area contributed by atoms with E-state index in [9.17, 15) is 9.18 Å². The third kappa shape index (κ3) is 3.51. The number of fused-ring (bicyclic) bond motifs is 1. The van der Waals surface area contributed by atoms with Crippen molar-refractivity contribution in [2.45, 2.75) is 19.4 Å². The largest absolute Gasteiger partial charge is 0.365 e. The highest BCUT2D eigenvalue weighted by molar-refractivity contribution is 5.80. The Morgan fingerprint density at radius 2 is 2.36 bits per heavy atom. The number of ether oxygens (including phenoxy) is 1. The van der Waals surface area contributed by atoms with Gasteiger partial charge in [-0.05, 0) is 19.1 Å². The first-order valence-corrected chi connectivity index (χ1v) is 7.14. The monoisotopic (exact) mass is 305 g/mol. The lowest BCUT2D eigenvalue weighted by molar-refractivity contribution is -0.130. The van der Waals surface area contributed by atoms with Gasteiger partial charge in [0.05, 0.1) is 12.1 Å². The predicted molar refractivity (Wildman–Crippen MR) is 83.0 cm³/mol. The van der Waals surface area contributed by atoms with Gasteiger partial charge in [0.1, 0.15) is 17.4 Å². The zero-order valence-corrected chi connectivity index (χ0v) is 12.8. The molecule has 0 aliphatic carbocycles. The van der Waals surface area contributed by atoms with E-state index < -0.39 is 6.10 Å². The second-order valence-corrected chi connectivity index (χ2v) is 5.00. The maximum Gasteiger partial charge on any atom is 0.248 e. The molecule has 1 N–H and O–H groups in total. The summed E-state index contributed by atoms with van der Waals surface area (Å²) in [4.78, 5) is 16.1. The molecule has 2 rings (SSSR count). The molecule has 22 heavy (non-hydrogen) atoms. The molecule has 5 nitrogen and oxygen atoms in total. The molecule has 0 saturated carbocycles. The Kier molecular flexibility index (Phi) is 5.27. The van der Waals surface area contributed by atoms with Gasteiger partial charge in [0.25, 0.3) is 0 Å². The summed E-state index contributed by atoms with van der Waals surface area (Å²) >= 11 is 0. The van der Waals surface area contributed by atoms with E-state index in [0.29, 0.717) is 25.1 Å². The number of para-hydroxylation sites is 1. The first kappa shape index (κ1) is 16.2. The van der Waals surface area contributed by atoms with Crippen LogP contribution in [0.3, 0.4) is 0 Å². The second-order valence-electron chi connectivity index (χ2n) is 5.00. The molecule has 1 aromatic carbocycles. The molecule has 2 aromatic rings. The number of aromatic nitrogens is 2. The molecule has 0 unspecified atom stereocenters. The van der Waals surface area contributed by atoms with Gasteiger partial charge in [0.15, 0.2) is 5.82 Å². The average Bonchev–Trinajstić information content (AvgIpc) is 2.83. The minimum Gasteiger partial charge on any atom is -0.365 e. The lowest BCUT2D eigenvalue weighted by Crippen LogP contribution is -2.36. The van der Waals surface area contributed by atoms with Crippen LogP contribution in [0.4, 0.5) is 4.39 Å². The Bertz CT molecular complexity index is 681. The number of carbonyl (C=O) groups excluding carboxylic acids is 1. The minimum absolute atomic E-state index is 0.188. The molecule has 1 aromatic heterocycles. The summed E-state index contributed by atoms with van der Waals surface area (Å²) in [6.45, 7) is 5.96. The first-order chi connectivity index (χ1) is 10.5. The van der Waals surface area contributed by atoms with Gasteiger partial charge < -0.3 is 14.6 Å². The molecule has 0 radical (unpaired) electrons. The summed E-state index contributed by atoms with van der Waals surface area (Å²) in [5.74, 6) is 0.196. The number of carbonyl (C=O) groups is 1. The van der Waals surface area contributed by atoms with Gasteiger partial charge in [-0.3, -0.25) is 4.79 Å². The van der Waals surface area contributed by atoms with E-state index in [1.807, 2.05) is 17.7 Å². The number of hydrogen-bond donors (Lipinski definition) is 1. The molecule has 1 amide bonds. The molecule has 118 valence electrons. The van der Waals surface area contributed by atoms with Gasteiger partial charge in [0.2, 0.25) is 5.91 Å². The highest BCUT2D eigenvalue weighted by atomic mass is 19.1. The molecule has 0 fully saturated rings. The topological polar surface area (TPSA) is 56.1 Å². The van der Waals surface area contributed by atoms with E-state index in [1.165, 1.54) is 6.07 Å². The molecular weight excluding hydrogens is 285 g/mol. The van der Waals surface area contributed by atoms with Crippen LogP contribution in [0, 0.1) is 5.82 Å². The van der Waals surface area contributed by atoms with Crippen LogP contribution < -0.4 is 5.32 Å². The van der Waals surface area contributed by atoms with E-state index in [-0.39, 0.29) is 11.7 Å². The summed E-state index contributed by atoms with van der Waals surface area (Å²) < 4.78 is 20.8. The Balaban J connectivity index is 1.95. The molecule has 0 aliphatic heterocycles. The number of amides is 1. The van der Waals surface area contributed by atoms with Gasteiger partial charge in [-0.1, -0.05) is 12.1 Å². The predicted octanol–water partition coefficient (Wildman–Crippen LogP) is 1.96. The fraction of sp³-hybridized carbons (Fsp3) is 0.375. The summed E-state index contributed by atoms with van der Waals surface area (Å²) in [7, 11) is 1.84. The molecule has 1 atom stereocenters. The standard InChI is InChI=1S/C16H20FN3O2/c1-4-10-22-11(2)16(21)18-9-8-14-19-15-12(17)6-5-7-13(15)20(14)3/h4-7,11H,1,8-10H2,2-3H3,(H,18,21)/t11-/m0/s1. The average molecular weight is 305 g/mol. The fourth-order valence-corrected chi connectivity index (χ4v) is 2.18. The van der Waals surface area contributed by atoms with E-state index in [0.717, 1.165) is 11.3 Å². The molecule has 0 saturated heterocycles. The van der Waals surface area contributed by atoms with Crippen LogP contribution in [0.5, 0.6) is 0 Å². The highest BCUT2D eigenvalue weighted by Crippen LogP contribution is 2.17.